The maximum atomic E-state index is 12.7. The van der Waals surface area contributed by atoms with Crippen LogP contribution in [0.5, 0.6) is 11.5 Å². The minimum atomic E-state index is -0.322. The number of anilines is 1. The van der Waals surface area contributed by atoms with Crippen molar-refractivity contribution < 1.29 is 14.3 Å². The third-order valence-corrected chi connectivity index (χ3v) is 5.36. The number of nitrogens with one attached hydrogen (secondary N) is 1. The van der Waals surface area contributed by atoms with Gasteiger partial charge in [0.15, 0.2) is 11.5 Å². The van der Waals surface area contributed by atoms with Crippen LogP contribution in [0.25, 0.3) is 11.3 Å². The number of aromatic nitrogens is 2. The van der Waals surface area contributed by atoms with Gasteiger partial charge in [-0.1, -0.05) is 12.1 Å². The molecule has 3 heterocycles. The lowest BCUT2D eigenvalue weighted by molar-refractivity contribution is 0.0928. The average molecular weight is 390 g/mol. The summed E-state index contributed by atoms with van der Waals surface area (Å²) in [5.41, 5.74) is 4.22. The maximum Gasteiger partial charge on any atom is 0.255 e. The maximum absolute atomic E-state index is 12.7. The lowest BCUT2D eigenvalue weighted by Gasteiger charge is -2.36. The van der Waals surface area contributed by atoms with E-state index in [1.807, 2.05) is 62.8 Å². The number of amides is 1. The van der Waals surface area contributed by atoms with Gasteiger partial charge in [-0.15, -0.1) is 0 Å². The zero-order valence-corrected chi connectivity index (χ0v) is 16.4. The summed E-state index contributed by atoms with van der Waals surface area (Å²) in [4.78, 5) is 14.8. The van der Waals surface area contributed by atoms with Crippen molar-refractivity contribution in [2.24, 2.45) is 7.05 Å². The molecule has 148 valence electrons. The fourth-order valence-electron chi connectivity index (χ4n) is 3.94. The Bertz CT molecular complexity index is 1090. The van der Waals surface area contributed by atoms with E-state index < -0.39 is 0 Å². The molecule has 0 saturated heterocycles. The highest BCUT2D eigenvalue weighted by atomic mass is 16.5. The fourth-order valence-corrected chi connectivity index (χ4v) is 3.94. The predicted molar refractivity (Wildman–Crippen MR) is 109 cm³/mol. The summed E-state index contributed by atoms with van der Waals surface area (Å²) in [5, 5.41) is 7.80. The third-order valence-electron chi connectivity index (χ3n) is 5.36. The molecule has 0 radical (unpaired) electrons. The summed E-state index contributed by atoms with van der Waals surface area (Å²) in [6.45, 7) is 1.28. The van der Waals surface area contributed by atoms with Crippen molar-refractivity contribution in [2.45, 2.75) is 12.6 Å². The second-order valence-corrected chi connectivity index (χ2v) is 7.32. The van der Waals surface area contributed by atoms with Crippen molar-refractivity contribution in [1.82, 2.24) is 15.1 Å². The Morgan fingerprint density at radius 3 is 2.72 bits per heavy atom. The van der Waals surface area contributed by atoms with Crippen molar-refractivity contribution in [1.29, 1.82) is 0 Å². The standard InChI is InChI=1S/C22H22N4O3/c1-25-13-16(21-23-22(27)15-6-3-4-7-17(15)26(21)2)20(24-25)14-8-9-18-19(12-14)29-11-5-10-28-18/h3-4,6-9,12-13,21H,5,10-11H2,1-2H3,(H,23,27). The number of carbonyl (C=O) groups excluding carboxylic acids is 1. The first kappa shape index (κ1) is 17.6. The number of fused-ring (bicyclic) bond motifs is 2. The second-order valence-electron chi connectivity index (χ2n) is 7.32. The lowest BCUT2D eigenvalue weighted by atomic mass is 10.0. The molecule has 0 bridgehead atoms. The zero-order chi connectivity index (χ0) is 20.0. The number of aryl methyl sites for hydroxylation is 1. The van der Waals surface area contributed by atoms with E-state index in [4.69, 9.17) is 9.47 Å². The lowest BCUT2D eigenvalue weighted by Crippen LogP contribution is -2.44. The molecule has 1 unspecified atom stereocenters. The Kier molecular flexibility index (Phi) is 4.16. The summed E-state index contributed by atoms with van der Waals surface area (Å²) in [7, 11) is 3.86. The van der Waals surface area contributed by atoms with Crippen LogP contribution in [0.2, 0.25) is 0 Å². The molecule has 1 aromatic heterocycles. The van der Waals surface area contributed by atoms with Gasteiger partial charge in [0.2, 0.25) is 0 Å². The van der Waals surface area contributed by atoms with Crippen LogP contribution in [-0.2, 0) is 7.05 Å². The highest BCUT2D eigenvalue weighted by Crippen LogP contribution is 2.38. The number of hydrogen-bond donors (Lipinski definition) is 1. The highest BCUT2D eigenvalue weighted by Gasteiger charge is 2.32. The molecular formula is C22H22N4O3. The minimum absolute atomic E-state index is 0.0860. The first-order valence-corrected chi connectivity index (χ1v) is 9.68. The Morgan fingerprint density at radius 1 is 1.07 bits per heavy atom. The van der Waals surface area contributed by atoms with Gasteiger partial charge >= 0.3 is 0 Å². The van der Waals surface area contributed by atoms with E-state index in [2.05, 4.69) is 15.3 Å². The molecule has 0 saturated carbocycles. The number of carbonyl (C=O) groups is 1. The number of ether oxygens (including phenoxy) is 2. The molecule has 7 heteroatoms. The van der Waals surface area contributed by atoms with Gasteiger partial charge in [0.1, 0.15) is 6.17 Å². The molecule has 2 aromatic carbocycles. The van der Waals surface area contributed by atoms with Crippen LogP contribution in [0, 0.1) is 0 Å². The monoisotopic (exact) mass is 390 g/mol. The van der Waals surface area contributed by atoms with E-state index in [1.54, 1.807) is 4.68 Å². The number of para-hydroxylation sites is 1. The molecule has 3 aromatic rings. The number of benzene rings is 2. The van der Waals surface area contributed by atoms with E-state index in [0.29, 0.717) is 18.8 Å². The summed E-state index contributed by atoms with van der Waals surface area (Å²) in [6, 6.07) is 13.5. The first-order chi connectivity index (χ1) is 14.1. The van der Waals surface area contributed by atoms with Crippen molar-refractivity contribution in [2.75, 3.05) is 25.2 Å². The summed E-state index contributed by atoms with van der Waals surface area (Å²) in [6.07, 6.45) is 2.49. The number of nitrogens with zero attached hydrogens (tertiary/aromatic N) is 3. The van der Waals surface area contributed by atoms with Crippen LogP contribution >= 0.6 is 0 Å². The molecule has 0 spiro atoms. The average Bonchev–Trinajstić information content (AvgIpc) is 2.97. The fraction of sp³-hybridized carbons (Fsp3) is 0.273. The van der Waals surface area contributed by atoms with Crippen LogP contribution in [0.3, 0.4) is 0 Å². The number of hydrogen-bond acceptors (Lipinski definition) is 5. The summed E-state index contributed by atoms with van der Waals surface area (Å²) < 4.78 is 13.4. The van der Waals surface area contributed by atoms with Crippen molar-refractivity contribution in [3.63, 3.8) is 0 Å². The van der Waals surface area contributed by atoms with Crippen LogP contribution in [0.4, 0.5) is 5.69 Å². The molecule has 5 rings (SSSR count). The van der Waals surface area contributed by atoms with E-state index in [-0.39, 0.29) is 12.1 Å². The quantitative estimate of drug-likeness (QED) is 0.728. The van der Waals surface area contributed by atoms with Gasteiger partial charge in [-0.2, -0.15) is 5.10 Å². The van der Waals surface area contributed by atoms with E-state index in [1.165, 1.54) is 0 Å². The Balaban J connectivity index is 1.57. The first-order valence-electron chi connectivity index (χ1n) is 9.68. The summed E-state index contributed by atoms with van der Waals surface area (Å²) >= 11 is 0. The van der Waals surface area contributed by atoms with Gasteiger partial charge in [-0.25, -0.2) is 0 Å². The van der Waals surface area contributed by atoms with Gasteiger partial charge in [-0.3, -0.25) is 9.48 Å². The van der Waals surface area contributed by atoms with Crippen LogP contribution in [0.1, 0.15) is 28.5 Å². The number of rotatable bonds is 2. The molecule has 29 heavy (non-hydrogen) atoms. The van der Waals surface area contributed by atoms with Crippen LogP contribution in [0.15, 0.2) is 48.7 Å². The van der Waals surface area contributed by atoms with Crippen molar-refractivity contribution >= 4 is 11.6 Å². The van der Waals surface area contributed by atoms with E-state index in [9.17, 15) is 4.79 Å². The van der Waals surface area contributed by atoms with Gasteiger partial charge < -0.3 is 19.7 Å². The summed E-state index contributed by atoms with van der Waals surface area (Å²) in [5.74, 6) is 1.39. The van der Waals surface area contributed by atoms with Crippen molar-refractivity contribution in [3.8, 4) is 22.8 Å². The Labute approximate surface area is 168 Å². The van der Waals surface area contributed by atoms with Gasteiger partial charge in [0.25, 0.3) is 5.91 Å². The largest absolute Gasteiger partial charge is 0.490 e. The van der Waals surface area contributed by atoms with Gasteiger partial charge in [0, 0.05) is 37.8 Å². The molecule has 0 fully saturated rings. The SMILES string of the molecule is CN1c2ccccc2C(=O)NC1c1cn(C)nc1-c1ccc2c(c1)OCCCO2. The smallest absolute Gasteiger partial charge is 0.255 e. The molecule has 1 amide bonds. The topological polar surface area (TPSA) is 68.6 Å². The van der Waals surface area contributed by atoms with E-state index in [0.717, 1.165) is 40.4 Å². The minimum Gasteiger partial charge on any atom is -0.490 e. The normalized spacial score (nSPS) is 18.1. The van der Waals surface area contributed by atoms with Crippen LogP contribution in [-0.4, -0.2) is 35.9 Å². The van der Waals surface area contributed by atoms with Crippen LogP contribution < -0.4 is 19.7 Å². The van der Waals surface area contributed by atoms with E-state index >= 15 is 0 Å². The molecule has 1 N–H and O–H groups in total. The van der Waals surface area contributed by atoms with Gasteiger partial charge in [0.05, 0.1) is 30.2 Å². The van der Waals surface area contributed by atoms with Crippen molar-refractivity contribution in [3.05, 3.63) is 59.8 Å². The molecule has 2 aliphatic heterocycles. The molecule has 0 aliphatic carbocycles. The van der Waals surface area contributed by atoms with Gasteiger partial charge in [-0.05, 0) is 30.3 Å². The predicted octanol–water partition coefficient (Wildman–Crippen LogP) is 3.13. The molecular weight excluding hydrogens is 368 g/mol. The highest BCUT2D eigenvalue weighted by molar-refractivity contribution is 6.02. The second kappa shape index (κ2) is 6.84. The Hall–Kier alpha value is -3.48. The zero-order valence-electron chi connectivity index (χ0n) is 16.4. The molecule has 7 nitrogen and oxygen atoms in total. The third kappa shape index (κ3) is 2.99. The molecule has 2 aliphatic rings. The Morgan fingerprint density at radius 2 is 1.86 bits per heavy atom. The molecule has 1 atom stereocenters.